The lowest BCUT2D eigenvalue weighted by atomic mass is 10.1. The molecule has 0 aliphatic carbocycles. The molecule has 98 valence electrons. The van der Waals surface area contributed by atoms with Crippen molar-refractivity contribution in [1.82, 2.24) is 0 Å². The van der Waals surface area contributed by atoms with Crippen molar-refractivity contribution >= 4 is 17.6 Å². The topological polar surface area (TPSA) is 26.3 Å². The third-order valence-electron chi connectivity index (χ3n) is 3.19. The van der Waals surface area contributed by atoms with Crippen molar-refractivity contribution in [3.05, 3.63) is 83.1 Å². The van der Waals surface area contributed by atoms with Crippen LogP contribution in [-0.2, 0) is 9.53 Å². The summed E-state index contributed by atoms with van der Waals surface area (Å²) in [6, 6.07) is 17.6. The lowest BCUT2D eigenvalue weighted by Gasteiger charge is -1.98. The van der Waals surface area contributed by atoms with Gasteiger partial charge in [-0.25, -0.2) is 4.79 Å². The Balaban J connectivity index is 1.92. The molecule has 0 saturated heterocycles. The number of cyclic esters (lactones) is 1. The fourth-order valence-electron chi connectivity index (χ4n) is 2.11. The van der Waals surface area contributed by atoms with Gasteiger partial charge in [0.05, 0.1) is 5.57 Å². The van der Waals surface area contributed by atoms with Gasteiger partial charge in [-0.15, -0.1) is 0 Å². The van der Waals surface area contributed by atoms with E-state index in [9.17, 15) is 4.79 Å². The number of aryl methyl sites for hydroxylation is 1. The number of allylic oxidation sites excluding steroid dienone is 1. The number of ether oxygens (including phenoxy) is 1. The first-order chi connectivity index (χ1) is 9.72. The Morgan fingerprint density at radius 1 is 0.950 bits per heavy atom. The standard InChI is InChI=1S/C18H14O2/c1-13-7-9-14(10-8-13)11-16-12-17(18(19)20-16)15-5-3-2-4-6-15/h2-12H,1H3. The van der Waals surface area contributed by atoms with E-state index in [-0.39, 0.29) is 5.97 Å². The van der Waals surface area contributed by atoms with Crippen molar-refractivity contribution in [1.29, 1.82) is 0 Å². The zero-order valence-corrected chi connectivity index (χ0v) is 11.2. The highest BCUT2D eigenvalue weighted by molar-refractivity contribution is 6.19. The molecule has 0 fully saturated rings. The van der Waals surface area contributed by atoms with Gasteiger partial charge >= 0.3 is 5.97 Å². The van der Waals surface area contributed by atoms with E-state index >= 15 is 0 Å². The van der Waals surface area contributed by atoms with Gasteiger partial charge in [0.1, 0.15) is 5.76 Å². The zero-order valence-electron chi connectivity index (χ0n) is 11.2. The molecule has 2 aromatic rings. The van der Waals surface area contributed by atoms with Crippen LogP contribution in [0.4, 0.5) is 0 Å². The molecule has 0 atom stereocenters. The molecule has 1 aliphatic rings. The van der Waals surface area contributed by atoms with E-state index < -0.39 is 0 Å². The third-order valence-corrected chi connectivity index (χ3v) is 3.19. The van der Waals surface area contributed by atoms with Crippen LogP contribution in [-0.4, -0.2) is 5.97 Å². The van der Waals surface area contributed by atoms with Gasteiger partial charge in [-0.05, 0) is 30.2 Å². The monoisotopic (exact) mass is 262 g/mol. The van der Waals surface area contributed by atoms with Crippen molar-refractivity contribution in [2.24, 2.45) is 0 Å². The second-order valence-corrected chi connectivity index (χ2v) is 4.77. The Hall–Kier alpha value is -2.61. The van der Waals surface area contributed by atoms with Gasteiger partial charge in [-0.1, -0.05) is 60.2 Å². The van der Waals surface area contributed by atoms with Crippen LogP contribution >= 0.6 is 0 Å². The number of carbonyl (C=O) groups excluding carboxylic acids is 1. The van der Waals surface area contributed by atoms with Crippen LogP contribution in [0.3, 0.4) is 0 Å². The highest BCUT2D eigenvalue weighted by Gasteiger charge is 2.22. The molecule has 2 aromatic carbocycles. The molecule has 0 unspecified atom stereocenters. The van der Waals surface area contributed by atoms with Crippen LogP contribution in [0.25, 0.3) is 11.6 Å². The molecule has 0 saturated carbocycles. The van der Waals surface area contributed by atoms with E-state index in [1.54, 1.807) is 6.08 Å². The highest BCUT2D eigenvalue weighted by atomic mass is 16.5. The van der Waals surface area contributed by atoms with Gasteiger partial charge in [0.25, 0.3) is 0 Å². The summed E-state index contributed by atoms with van der Waals surface area (Å²) < 4.78 is 5.29. The van der Waals surface area contributed by atoms with Crippen molar-refractivity contribution in [3.63, 3.8) is 0 Å². The SMILES string of the molecule is Cc1ccc(C=C2C=C(c3ccccc3)C(=O)O2)cc1. The minimum Gasteiger partial charge on any atom is -0.423 e. The van der Waals surface area contributed by atoms with E-state index in [0.29, 0.717) is 11.3 Å². The van der Waals surface area contributed by atoms with E-state index in [1.807, 2.05) is 67.6 Å². The fourth-order valence-corrected chi connectivity index (χ4v) is 2.11. The Morgan fingerprint density at radius 2 is 1.65 bits per heavy atom. The summed E-state index contributed by atoms with van der Waals surface area (Å²) in [5.74, 6) is 0.285. The molecule has 0 amide bonds. The van der Waals surface area contributed by atoms with E-state index in [2.05, 4.69) is 0 Å². The Labute approximate surface area is 118 Å². The fraction of sp³-hybridized carbons (Fsp3) is 0.0556. The average Bonchev–Trinajstić information content (AvgIpc) is 2.83. The van der Waals surface area contributed by atoms with E-state index in [4.69, 9.17) is 4.74 Å². The second kappa shape index (κ2) is 5.17. The van der Waals surface area contributed by atoms with Crippen LogP contribution in [0.15, 0.2) is 66.4 Å². The van der Waals surface area contributed by atoms with Gasteiger partial charge in [-0.2, -0.15) is 0 Å². The smallest absolute Gasteiger partial charge is 0.344 e. The number of benzene rings is 2. The van der Waals surface area contributed by atoms with E-state index in [0.717, 1.165) is 11.1 Å². The van der Waals surface area contributed by atoms with Crippen LogP contribution in [0.5, 0.6) is 0 Å². The average molecular weight is 262 g/mol. The predicted molar refractivity (Wildman–Crippen MR) is 79.7 cm³/mol. The van der Waals surface area contributed by atoms with Gasteiger partial charge in [-0.3, -0.25) is 0 Å². The number of hydrogen-bond donors (Lipinski definition) is 0. The molecule has 0 radical (unpaired) electrons. The normalized spacial score (nSPS) is 16.1. The molecule has 2 nitrogen and oxygen atoms in total. The van der Waals surface area contributed by atoms with Crippen molar-refractivity contribution in [3.8, 4) is 0 Å². The molecule has 3 rings (SSSR count). The molecular weight excluding hydrogens is 248 g/mol. The molecule has 0 aromatic heterocycles. The maximum absolute atomic E-state index is 11.9. The Morgan fingerprint density at radius 3 is 2.35 bits per heavy atom. The first-order valence-electron chi connectivity index (χ1n) is 6.50. The summed E-state index contributed by atoms with van der Waals surface area (Å²) in [6.45, 7) is 2.04. The predicted octanol–water partition coefficient (Wildman–Crippen LogP) is 3.98. The lowest BCUT2D eigenvalue weighted by Crippen LogP contribution is -1.97. The lowest BCUT2D eigenvalue weighted by molar-refractivity contribution is -0.131. The molecule has 1 aliphatic heterocycles. The first-order valence-corrected chi connectivity index (χ1v) is 6.50. The Bertz CT molecular complexity index is 692. The van der Waals surface area contributed by atoms with Crippen molar-refractivity contribution < 1.29 is 9.53 Å². The molecule has 0 spiro atoms. The minimum atomic E-state index is -0.297. The molecule has 0 N–H and O–H groups in total. The van der Waals surface area contributed by atoms with E-state index in [1.165, 1.54) is 5.56 Å². The largest absolute Gasteiger partial charge is 0.423 e. The van der Waals surface area contributed by atoms with Crippen LogP contribution in [0.1, 0.15) is 16.7 Å². The number of hydrogen-bond acceptors (Lipinski definition) is 2. The van der Waals surface area contributed by atoms with Gasteiger partial charge in [0, 0.05) is 0 Å². The molecule has 2 heteroatoms. The van der Waals surface area contributed by atoms with Gasteiger partial charge in [0.2, 0.25) is 0 Å². The number of rotatable bonds is 2. The van der Waals surface area contributed by atoms with Crippen molar-refractivity contribution in [2.45, 2.75) is 6.92 Å². The number of esters is 1. The maximum Gasteiger partial charge on any atom is 0.344 e. The number of carbonyl (C=O) groups is 1. The summed E-state index contributed by atoms with van der Waals surface area (Å²) in [6.07, 6.45) is 3.66. The Kier molecular flexibility index (Phi) is 3.21. The highest BCUT2D eigenvalue weighted by Crippen LogP contribution is 2.27. The van der Waals surface area contributed by atoms with Gasteiger partial charge in [0.15, 0.2) is 0 Å². The van der Waals surface area contributed by atoms with Crippen LogP contribution in [0, 0.1) is 6.92 Å². The molecule has 0 bridgehead atoms. The summed E-state index contributed by atoms with van der Waals surface area (Å²) >= 11 is 0. The second-order valence-electron chi connectivity index (χ2n) is 4.77. The molecule has 1 heterocycles. The summed E-state index contributed by atoms with van der Waals surface area (Å²) in [4.78, 5) is 11.9. The van der Waals surface area contributed by atoms with Crippen LogP contribution < -0.4 is 0 Å². The zero-order chi connectivity index (χ0) is 13.9. The third kappa shape index (κ3) is 2.54. The summed E-state index contributed by atoms with van der Waals surface area (Å²) in [7, 11) is 0. The quantitative estimate of drug-likeness (QED) is 0.765. The molecule has 20 heavy (non-hydrogen) atoms. The first kappa shape index (κ1) is 12.4. The summed E-state index contributed by atoms with van der Waals surface area (Å²) in [5, 5.41) is 0. The van der Waals surface area contributed by atoms with Crippen LogP contribution in [0.2, 0.25) is 0 Å². The molecular formula is C18H14O2. The maximum atomic E-state index is 11.9. The summed E-state index contributed by atoms with van der Waals surface area (Å²) in [5.41, 5.74) is 3.70. The van der Waals surface area contributed by atoms with Gasteiger partial charge < -0.3 is 4.74 Å². The van der Waals surface area contributed by atoms with Crippen molar-refractivity contribution in [2.75, 3.05) is 0 Å². The minimum absolute atomic E-state index is 0.297.